The summed E-state index contributed by atoms with van der Waals surface area (Å²) in [4.78, 5) is 12.8. The second-order valence-corrected chi connectivity index (χ2v) is 9.75. The summed E-state index contributed by atoms with van der Waals surface area (Å²) in [5.41, 5.74) is 2.01. The topological polar surface area (TPSA) is 47.6 Å². The first kappa shape index (κ1) is 20.7. The second kappa shape index (κ2) is 8.74. The lowest BCUT2D eigenvalue weighted by Crippen LogP contribution is -2.49. The van der Waals surface area contributed by atoms with Crippen molar-refractivity contribution in [2.75, 3.05) is 0 Å². The van der Waals surface area contributed by atoms with E-state index in [1.54, 1.807) is 0 Å². The van der Waals surface area contributed by atoms with Crippen LogP contribution in [0.15, 0.2) is 42.5 Å². The van der Waals surface area contributed by atoms with Crippen LogP contribution in [0.25, 0.3) is 0 Å². The van der Waals surface area contributed by atoms with Gasteiger partial charge in [0.15, 0.2) is 0 Å². The second-order valence-electron chi connectivity index (χ2n) is 9.32. The predicted octanol–water partition coefficient (Wildman–Crippen LogP) is 6.16. The monoisotopic (exact) mass is 439 g/mol. The van der Waals surface area contributed by atoms with Crippen molar-refractivity contribution in [3.05, 3.63) is 58.6 Å². The number of amides is 1. The van der Waals surface area contributed by atoms with E-state index in [9.17, 15) is 4.79 Å². The first-order valence-electron chi connectivity index (χ1n) is 11.6. The molecule has 164 valence electrons. The van der Waals surface area contributed by atoms with Crippen LogP contribution in [0.4, 0.5) is 0 Å². The van der Waals surface area contributed by atoms with Crippen molar-refractivity contribution in [1.82, 2.24) is 5.32 Å². The Balaban J connectivity index is 1.21. The molecule has 4 nitrogen and oxygen atoms in total. The van der Waals surface area contributed by atoms with Gasteiger partial charge in [0.25, 0.3) is 0 Å². The highest BCUT2D eigenvalue weighted by molar-refractivity contribution is 6.30. The minimum atomic E-state index is -0.120. The summed E-state index contributed by atoms with van der Waals surface area (Å²) in [6.45, 7) is 0. The van der Waals surface area contributed by atoms with Gasteiger partial charge in [0.2, 0.25) is 5.91 Å². The van der Waals surface area contributed by atoms with Crippen LogP contribution < -0.4 is 14.8 Å². The molecular formula is C26H30ClNO3. The number of rotatable bonds is 6. The van der Waals surface area contributed by atoms with Crippen molar-refractivity contribution >= 4 is 17.5 Å². The van der Waals surface area contributed by atoms with Gasteiger partial charge in [-0.05, 0) is 87.3 Å². The molecule has 5 heteroatoms. The lowest BCUT2D eigenvalue weighted by atomic mass is 9.73. The zero-order valence-electron chi connectivity index (χ0n) is 17.9. The normalized spacial score (nSPS) is 21.8. The minimum absolute atomic E-state index is 0.0488. The molecule has 2 fully saturated rings. The number of fused-ring (bicyclic) bond motifs is 1. The fourth-order valence-corrected chi connectivity index (χ4v) is 5.33. The van der Waals surface area contributed by atoms with Gasteiger partial charge in [-0.2, -0.15) is 0 Å². The summed E-state index contributed by atoms with van der Waals surface area (Å²) in [6, 6.07) is 13.9. The first-order chi connectivity index (χ1) is 15.1. The van der Waals surface area contributed by atoms with E-state index in [1.165, 1.54) is 19.3 Å². The van der Waals surface area contributed by atoms with Crippen LogP contribution in [0.2, 0.25) is 5.02 Å². The summed E-state index contributed by atoms with van der Waals surface area (Å²) in [5, 5.41) is 3.93. The highest BCUT2D eigenvalue weighted by Crippen LogP contribution is 2.49. The van der Waals surface area contributed by atoms with Crippen molar-refractivity contribution in [2.45, 2.75) is 82.0 Å². The summed E-state index contributed by atoms with van der Waals surface area (Å²) < 4.78 is 12.4. The molecule has 3 aliphatic rings. The third-order valence-electron chi connectivity index (χ3n) is 6.99. The summed E-state index contributed by atoms with van der Waals surface area (Å²) >= 11 is 6.23. The van der Waals surface area contributed by atoms with E-state index in [-0.39, 0.29) is 17.6 Å². The zero-order chi connectivity index (χ0) is 21.3. The lowest BCUT2D eigenvalue weighted by Gasteiger charge is -2.48. The van der Waals surface area contributed by atoms with Gasteiger partial charge in [-0.3, -0.25) is 4.79 Å². The maximum absolute atomic E-state index is 12.8. The van der Waals surface area contributed by atoms with Gasteiger partial charge in [0, 0.05) is 23.4 Å². The maximum Gasteiger partial charge on any atom is 0.220 e. The molecule has 0 saturated heterocycles. The molecule has 1 aliphatic heterocycles. The number of carbonyl (C=O) groups excluding carboxylic acids is 1. The van der Waals surface area contributed by atoms with Crippen LogP contribution in [0.3, 0.4) is 0 Å². The van der Waals surface area contributed by atoms with Crippen molar-refractivity contribution in [1.29, 1.82) is 0 Å². The lowest BCUT2D eigenvalue weighted by molar-refractivity contribution is -0.123. The standard InChI is InChI=1S/C26H30ClNO3/c27-19-10-11-24-22(16-19)23(17-26(31-24)13-4-14-26)28-25(29)12-9-18-5-3-8-21(15-18)30-20-6-1-2-7-20/h3,5,8,10-11,15-16,20,23H,1-2,4,6-7,9,12-14,17H2,(H,28,29)/t23-/m0/s1. The number of carbonyl (C=O) groups is 1. The predicted molar refractivity (Wildman–Crippen MR) is 122 cm³/mol. The zero-order valence-corrected chi connectivity index (χ0v) is 18.6. The molecule has 2 aromatic rings. The van der Waals surface area contributed by atoms with Gasteiger partial charge in [0.05, 0.1) is 12.1 Å². The number of benzene rings is 2. The van der Waals surface area contributed by atoms with Crippen LogP contribution in [-0.4, -0.2) is 17.6 Å². The van der Waals surface area contributed by atoms with E-state index in [2.05, 4.69) is 17.4 Å². The third-order valence-corrected chi connectivity index (χ3v) is 7.23. The van der Waals surface area contributed by atoms with E-state index in [4.69, 9.17) is 21.1 Å². The first-order valence-corrected chi connectivity index (χ1v) is 12.0. The van der Waals surface area contributed by atoms with E-state index < -0.39 is 0 Å². The Hall–Kier alpha value is -2.20. The molecule has 1 heterocycles. The van der Waals surface area contributed by atoms with Crippen LogP contribution in [0.1, 0.15) is 75.0 Å². The molecular weight excluding hydrogens is 410 g/mol. The van der Waals surface area contributed by atoms with E-state index in [0.717, 1.165) is 54.7 Å². The highest BCUT2D eigenvalue weighted by Gasteiger charge is 2.45. The summed E-state index contributed by atoms with van der Waals surface area (Å²) in [6.07, 6.45) is 10.4. The van der Waals surface area contributed by atoms with Gasteiger partial charge in [0.1, 0.15) is 17.1 Å². The number of aryl methyl sites for hydroxylation is 1. The average molecular weight is 440 g/mol. The molecule has 2 aromatic carbocycles. The molecule has 2 aliphatic carbocycles. The molecule has 1 amide bonds. The molecule has 2 saturated carbocycles. The minimum Gasteiger partial charge on any atom is -0.490 e. The summed E-state index contributed by atoms with van der Waals surface area (Å²) in [7, 11) is 0. The number of halogens is 1. The van der Waals surface area contributed by atoms with E-state index in [0.29, 0.717) is 24.0 Å². The van der Waals surface area contributed by atoms with Gasteiger partial charge in [-0.1, -0.05) is 23.7 Å². The highest BCUT2D eigenvalue weighted by atomic mass is 35.5. The van der Waals surface area contributed by atoms with Crippen molar-refractivity contribution in [2.24, 2.45) is 0 Å². The smallest absolute Gasteiger partial charge is 0.220 e. The Morgan fingerprint density at radius 3 is 2.74 bits per heavy atom. The van der Waals surface area contributed by atoms with E-state index in [1.807, 2.05) is 30.3 Å². The molecule has 1 N–H and O–H groups in total. The maximum atomic E-state index is 12.8. The molecule has 0 radical (unpaired) electrons. The largest absolute Gasteiger partial charge is 0.490 e. The van der Waals surface area contributed by atoms with Crippen molar-refractivity contribution in [3.8, 4) is 11.5 Å². The molecule has 0 unspecified atom stereocenters. The van der Waals surface area contributed by atoms with E-state index >= 15 is 0 Å². The fourth-order valence-electron chi connectivity index (χ4n) is 5.14. The Morgan fingerprint density at radius 1 is 1.13 bits per heavy atom. The Bertz CT molecular complexity index is 949. The van der Waals surface area contributed by atoms with Gasteiger partial charge in [-0.15, -0.1) is 0 Å². The summed E-state index contributed by atoms with van der Waals surface area (Å²) in [5.74, 6) is 1.84. The molecule has 0 bridgehead atoms. The number of nitrogens with one attached hydrogen (secondary N) is 1. The molecule has 0 aromatic heterocycles. The molecule has 1 atom stereocenters. The number of hydrogen-bond acceptors (Lipinski definition) is 3. The molecule has 1 spiro atoms. The Labute approximate surface area is 189 Å². The van der Waals surface area contributed by atoms with Gasteiger partial charge >= 0.3 is 0 Å². The number of hydrogen-bond donors (Lipinski definition) is 1. The van der Waals surface area contributed by atoms with Crippen LogP contribution in [0.5, 0.6) is 11.5 Å². The fraction of sp³-hybridized carbons (Fsp3) is 0.500. The quantitative estimate of drug-likeness (QED) is 0.586. The Kier molecular flexibility index (Phi) is 5.83. The van der Waals surface area contributed by atoms with Crippen LogP contribution in [-0.2, 0) is 11.2 Å². The van der Waals surface area contributed by atoms with Crippen LogP contribution in [0, 0.1) is 0 Å². The SMILES string of the molecule is O=C(CCc1cccc(OC2CCCC2)c1)N[C@H]1CC2(CCC2)Oc2ccc(Cl)cc21. The van der Waals surface area contributed by atoms with Gasteiger partial charge < -0.3 is 14.8 Å². The third kappa shape index (κ3) is 4.69. The van der Waals surface area contributed by atoms with Crippen molar-refractivity contribution < 1.29 is 14.3 Å². The molecule has 5 rings (SSSR count). The molecule has 31 heavy (non-hydrogen) atoms. The Morgan fingerprint density at radius 2 is 1.97 bits per heavy atom. The van der Waals surface area contributed by atoms with Crippen molar-refractivity contribution in [3.63, 3.8) is 0 Å². The number of ether oxygens (including phenoxy) is 2. The van der Waals surface area contributed by atoms with Crippen LogP contribution >= 0.6 is 11.6 Å². The van der Waals surface area contributed by atoms with Gasteiger partial charge in [-0.25, -0.2) is 0 Å². The average Bonchev–Trinajstić information content (AvgIpc) is 3.25.